The number of hydrogen-bond acceptors (Lipinski definition) is 6. The first-order valence-electron chi connectivity index (χ1n) is 9.69. The molecule has 2 saturated heterocycles. The van der Waals surface area contributed by atoms with Crippen LogP contribution in [0.1, 0.15) is 30.9 Å². The second-order valence-corrected chi connectivity index (χ2v) is 7.33. The fourth-order valence-corrected chi connectivity index (χ4v) is 3.47. The number of aryl methyl sites for hydroxylation is 2. The van der Waals surface area contributed by atoms with Gasteiger partial charge in [0, 0.05) is 31.9 Å². The molecule has 1 aromatic rings. The lowest BCUT2D eigenvalue weighted by Gasteiger charge is -2.36. The van der Waals surface area contributed by atoms with Crippen molar-refractivity contribution in [3.05, 3.63) is 29.3 Å². The Bertz CT molecular complexity index is 614. The molecule has 0 bridgehead atoms. The molecule has 2 aliphatic heterocycles. The molecule has 26 heavy (non-hydrogen) atoms. The van der Waals surface area contributed by atoms with E-state index < -0.39 is 0 Å². The van der Waals surface area contributed by atoms with E-state index in [0.29, 0.717) is 0 Å². The maximum absolute atomic E-state index is 13.0. The molecule has 3 rings (SSSR count). The largest absolute Gasteiger partial charge is 0.367 e. The molecule has 1 aromatic carbocycles. The van der Waals surface area contributed by atoms with Crippen LogP contribution in [0.2, 0.25) is 0 Å². The lowest BCUT2D eigenvalue weighted by atomic mass is 10.1. The SMILES string of the molecule is CCCCN1CCN(C(=O)C2NNNC2Nc2ccc(C)c(C)c2)CC1. The Hall–Kier alpha value is -1.67. The molecule has 0 radical (unpaired) electrons. The van der Waals surface area contributed by atoms with Crippen molar-refractivity contribution < 1.29 is 4.79 Å². The zero-order valence-corrected chi connectivity index (χ0v) is 16.1. The second-order valence-electron chi connectivity index (χ2n) is 7.33. The zero-order chi connectivity index (χ0) is 18.5. The number of carbonyl (C=O) groups is 1. The third-order valence-corrected chi connectivity index (χ3v) is 5.40. The quantitative estimate of drug-likeness (QED) is 0.606. The molecule has 0 saturated carbocycles. The minimum atomic E-state index is -0.334. The molecule has 2 unspecified atom stereocenters. The van der Waals surface area contributed by atoms with Crippen molar-refractivity contribution in [1.82, 2.24) is 26.2 Å². The van der Waals surface area contributed by atoms with Gasteiger partial charge >= 0.3 is 0 Å². The van der Waals surface area contributed by atoms with Crippen LogP contribution >= 0.6 is 0 Å². The van der Waals surface area contributed by atoms with Gasteiger partial charge < -0.3 is 10.2 Å². The van der Waals surface area contributed by atoms with E-state index in [1.54, 1.807) is 0 Å². The molecule has 2 fully saturated rings. The van der Waals surface area contributed by atoms with E-state index in [1.165, 1.54) is 24.0 Å². The summed E-state index contributed by atoms with van der Waals surface area (Å²) in [5.41, 5.74) is 12.6. The molecular weight excluding hydrogens is 328 g/mol. The zero-order valence-electron chi connectivity index (χ0n) is 16.1. The lowest BCUT2D eigenvalue weighted by molar-refractivity contribution is -0.135. The summed E-state index contributed by atoms with van der Waals surface area (Å²) in [7, 11) is 0. The molecular formula is C19H32N6O. The van der Waals surface area contributed by atoms with Gasteiger partial charge in [0.05, 0.1) is 0 Å². The van der Waals surface area contributed by atoms with Gasteiger partial charge in [-0.2, -0.15) is 5.53 Å². The fourth-order valence-electron chi connectivity index (χ4n) is 3.47. The first kappa shape index (κ1) is 19.1. The molecule has 7 nitrogen and oxygen atoms in total. The first-order valence-corrected chi connectivity index (χ1v) is 9.69. The third kappa shape index (κ3) is 4.54. The maximum atomic E-state index is 13.0. The van der Waals surface area contributed by atoms with Gasteiger partial charge in [0.15, 0.2) is 0 Å². The van der Waals surface area contributed by atoms with Crippen molar-refractivity contribution in [1.29, 1.82) is 0 Å². The van der Waals surface area contributed by atoms with Crippen molar-refractivity contribution in [3.63, 3.8) is 0 Å². The fraction of sp³-hybridized carbons (Fsp3) is 0.632. The molecule has 0 aromatic heterocycles. The van der Waals surface area contributed by atoms with Crippen molar-refractivity contribution >= 4 is 11.6 Å². The van der Waals surface area contributed by atoms with Crippen molar-refractivity contribution in [2.24, 2.45) is 0 Å². The van der Waals surface area contributed by atoms with Crippen molar-refractivity contribution in [3.8, 4) is 0 Å². The average Bonchev–Trinajstić information content (AvgIpc) is 3.11. The van der Waals surface area contributed by atoms with Gasteiger partial charge in [-0.15, -0.1) is 0 Å². The van der Waals surface area contributed by atoms with Crippen LogP contribution in [0.5, 0.6) is 0 Å². The number of piperazine rings is 1. The highest BCUT2D eigenvalue weighted by Gasteiger charge is 2.36. The average molecular weight is 361 g/mol. The highest BCUT2D eigenvalue weighted by atomic mass is 16.2. The Labute approximate surface area is 156 Å². The molecule has 7 heteroatoms. The molecule has 2 heterocycles. The molecule has 4 N–H and O–H groups in total. The number of anilines is 1. The summed E-state index contributed by atoms with van der Waals surface area (Å²) in [6.45, 7) is 11.1. The summed E-state index contributed by atoms with van der Waals surface area (Å²) in [6.07, 6.45) is 2.25. The number of hydrazine groups is 2. The Morgan fingerprint density at radius 3 is 2.62 bits per heavy atom. The van der Waals surface area contributed by atoms with E-state index in [0.717, 1.165) is 38.4 Å². The summed E-state index contributed by atoms with van der Waals surface area (Å²) in [6, 6.07) is 5.93. The number of benzene rings is 1. The minimum Gasteiger partial charge on any atom is -0.367 e. The molecule has 0 aliphatic carbocycles. The van der Waals surface area contributed by atoms with Crippen LogP contribution in [-0.2, 0) is 4.79 Å². The predicted octanol–water partition coefficient (Wildman–Crippen LogP) is 0.967. The van der Waals surface area contributed by atoms with E-state index in [2.05, 4.69) is 65.6 Å². The van der Waals surface area contributed by atoms with E-state index >= 15 is 0 Å². The molecule has 1 amide bonds. The van der Waals surface area contributed by atoms with Crippen LogP contribution in [0.15, 0.2) is 18.2 Å². The van der Waals surface area contributed by atoms with Gasteiger partial charge in [0.25, 0.3) is 0 Å². The normalized spacial score (nSPS) is 24.0. The van der Waals surface area contributed by atoms with Crippen LogP contribution in [-0.4, -0.2) is 60.6 Å². The monoisotopic (exact) mass is 360 g/mol. The molecule has 144 valence electrons. The smallest absolute Gasteiger partial charge is 0.244 e. The van der Waals surface area contributed by atoms with Crippen molar-refractivity contribution in [2.45, 2.75) is 45.8 Å². The summed E-state index contributed by atoms with van der Waals surface area (Å²) in [4.78, 5) is 17.4. The minimum absolute atomic E-state index is 0.138. The van der Waals surface area contributed by atoms with Gasteiger partial charge in [0.2, 0.25) is 5.91 Å². The summed E-state index contributed by atoms with van der Waals surface area (Å²) in [5, 5.41) is 3.42. The third-order valence-electron chi connectivity index (χ3n) is 5.40. The Morgan fingerprint density at radius 1 is 1.15 bits per heavy atom. The molecule has 0 spiro atoms. The van der Waals surface area contributed by atoms with Gasteiger partial charge in [-0.25, -0.2) is 10.9 Å². The van der Waals surface area contributed by atoms with Crippen LogP contribution in [0, 0.1) is 13.8 Å². The maximum Gasteiger partial charge on any atom is 0.244 e. The van der Waals surface area contributed by atoms with Crippen LogP contribution < -0.4 is 21.7 Å². The van der Waals surface area contributed by atoms with Gasteiger partial charge in [-0.05, 0) is 50.1 Å². The number of unbranched alkanes of at least 4 members (excludes halogenated alkanes) is 1. The number of nitrogens with one attached hydrogen (secondary N) is 4. The summed E-state index contributed by atoms with van der Waals surface area (Å²) in [5.74, 6) is 0.138. The van der Waals surface area contributed by atoms with E-state index in [1.807, 2.05) is 4.90 Å². The molecule has 2 aliphatic rings. The second kappa shape index (κ2) is 8.81. The van der Waals surface area contributed by atoms with Crippen LogP contribution in [0.3, 0.4) is 0 Å². The summed E-state index contributed by atoms with van der Waals surface area (Å²) < 4.78 is 0. The number of amides is 1. The number of carbonyl (C=O) groups excluding carboxylic acids is 1. The number of nitrogens with zero attached hydrogens (tertiary/aromatic N) is 2. The number of hydrogen-bond donors (Lipinski definition) is 4. The highest BCUT2D eigenvalue weighted by molar-refractivity contribution is 5.83. The lowest BCUT2D eigenvalue weighted by Crippen LogP contribution is -2.56. The van der Waals surface area contributed by atoms with Crippen LogP contribution in [0.25, 0.3) is 0 Å². The van der Waals surface area contributed by atoms with E-state index in [-0.39, 0.29) is 18.1 Å². The predicted molar refractivity (Wildman–Crippen MR) is 104 cm³/mol. The Kier molecular flexibility index (Phi) is 6.48. The van der Waals surface area contributed by atoms with E-state index in [9.17, 15) is 4.79 Å². The standard InChI is InChI=1S/C19H32N6O/c1-4-5-8-24-9-11-25(12-10-24)19(26)17-18(22-23-21-17)20-16-7-6-14(2)15(3)13-16/h6-7,13,17-18,20-23H,4-5,8-12H2,1-3H3. The Balaban J connectivity index is 1.56. The molecule has 2 atom stereocenters. The van der Waals surface area contributed by atoms with Gasteiger partial charge in [0.1, 0.15) is 12.2 Å². The summed E-state index contributed by atoms with van der Waals surface area (Å²) >= 11 is 0. The van der Waals surface area contributed by atoms with Gasteiger partial charge in [-0.1, -0.05) is 19.4 Å². The van der Waals surface area contributed by atoms with Crippen LogP contribution in [0.4, 0.5) is 5.69 Å². The van der Waals surface area contributed by atoms with Crippen molar-refractivity contribution in [2.75, 3.05) is 38.0 Å². The van der Waals surface area contributed by atoms with E-state index in [4.69, 9.17) is 0 Å². The topological polar surface area (TPSA) is 71.7 Å². The first-order chi connectivity index (χ1) is 12.6. The highest BCUT2D eigenvalue weighted by Crippen LogP contribution is 2.17. The number of rotatable bonds is 6. The Morgan fingerprint density at radius 2 is 1.92 bits per heavy atom. The van der Waals surface area contributed by atoms with Gasteiger partial charge in [-0.3, -0.25) is 9.69 Å².